The largest absolute Gasteiger partial charge is 2.00 e. The molecule has 0 bridgehead atoms. The molecule has 3 heterocycles. The van der Waals surface area contributed by atoms with Crippen LogP contribution < -0.4 is 4.74 Å². The number of hydrogen-bond acceptors (Lipinski definition) is 3. The van der Waals surface area contributed by atoms with Crippen molar-refractivity contribution in [1.82, 2.24) is 19.3 Å². The molecule has 0 aliphatic carbocycles. The second kappa shape index (κ2) is 16.5. The van der Waals surface area contributed by atoms with Gasteiger partial charge in [0.1, 0.15) is 5.82 Å². The molecule has 0 atom stereocenters. The van der Waals surface area contributed by atoms with Crippen molar-refractivity contribution in [2.24, 2.45) is 11.8 Å². The summed E-state index contributed by atoms with van der Waals surface area (Å²) in [5.74, 6) is 3.53. The molecule has 6 heteroatoms. The van der Waals surface area contributed by atoms with Gasteiger partial charge in [-0.25, -0.2) is 4.98 Å². The smallest absolute Gasteiger partial charge is 0.509 e. The number of benzene rings is 4. The number of nitrogens with zero attached hydrogens (tertiary/aromatic N) is 4. The number of hydrogen-bond donors (Lipinski definition) is 0. The third kappa shape index (κ3) is 8.11. The van der Waals surface area contributed by atoms with Gasteiger partial charge in [-0.15, -0.1) is 35.7 Å². The Morgan fingerprint density at radius 2 is 1.48 bits per heavy atom. The predicted octanol–water partition coefficient (Wildman–Crippen LogP) is 12.0. The Labute approximate surface area is 323 Å². The second-order valence-electron chi connectivity index (χ2n) is 14.7. The van der Waals surface area contributed by atoms with Gasteiger partial charge in [0.15, 0.2) is 0 Å². The van der Waals surface area contributed by atoms with Crippen LogP contribution in [0.25, 0.3) is 44.4 Å². The second-order valence-corrected chi connectivity index (χ2v) is 14.7. The minimum Gasteiger partial charge on any atom is -0.509 e. The molecule has 7 rings (SSSR count). The molecule has 5 nitrogen and oxygen atoms in total. The maximum absolute atomic E-state index is 6.51. The summed E-state index contributed by atoms with van der Waals surface area (Å²) in [4.78, 5) is 4.89. The van der Waals surface area contributed by atoms with E-state index in [0.717, 1.165) is 75.6 Å². The Balaban J connectivity index is 0.00000464. The van der Waals surface area contributed by atoms with Crippen LogP contribution in [0.2, 0.25) is 0 Å². The number of fused-ring (bicyclic) bond motifs is 3. The molecule has 268 valence electrons. The van der Waals surface area contributed by atoms with Gasteiger partial charge in [-0.05, 0) is 97.3 Å². The molecule has 0 radical (unpaired) electrons. The van der Waals surface area contributed by atoms with Gasteiger partial charge in [0.2, 0.25) is 0 Å². The Morgan fingerprint density at radius 1 is 0.712 bits per heavy atom. The van der Waals surface area contributed by atoms with Crippen molar-refractivity contribution in [2.75, 3.05) is 0 Å². The molecule has 0 aliphatic rings. The quantitative estimate of drug-likeness (QED) is 0.0857. The van der Waals surface area contributed by atoms with E-state index in [-0.39, 0.29) is 21.1 Å². The number of aryl methyl sites for hydroxylation is 3. The van der Waals surface area contributed by atoms with Gasteiger partial charge in [0.25, 0.3) is 0 Å². The van der Waals surface area contributed by atoms with Crippen molar-refractivity contribution in [2.45, 2.75) is 80.1 Å². The maximum Gasteiger partial charge on any atom is 2.00 e. The molecule has 4 aromatic carbocycles. The van der Waals surface area contributed by atoms with E-state index >= 15 is 0 Å². The van der Waals surface area contributed by atoms with Crippen LogP contribution in [0.4, 0.5) is 0 Å². The molecule has 7 aromatic rings. The number of ether oxygens (including phenoxy) is 1. The van der Waals surface area contributed by atoms with E-state index in [4.69, 9.17) is 14.8 Å². The van der Waals surface area contributed by atoms with E-state index in [1.54, 1.807) is 0 Å². The molecule has 0 spiro atoms. The molecule has 0 N–H and O–H groups in total. The first-order valence-electron chi connectivity index (χ1n) is 18.5. The SMILES string of the molecule is Cc1nn(-c2[c-]c(Oc3[c-]c4c(cc3)c3cc(CCCCC(C)C)ccc3n4-c3cc(CCC(C)C)ccn3)ccc2)c(C)c1-c1ccccc1.[Pt+2]. The summed E-state index contributed by atoms with van der Waals surface area (Å²) in [6.07, 6.45) is 8.91. The average molecular weight is 868 g/mol. The van der Waals surface area contributed by atoms with Crippen molar-refractivity contribution in [3.05, 3.63) is 132 Å². The van der Waals surface area contributed by atoms with Crippen LogP contribution in [-0.4, -0.2) is 19.3 Å². The molecule has 0 amide bonds. The summed E-state index contributed by atoms with van der Waals surface area (Å²) in [5, 5.41) is 7.26. The topological polar surface area (TPSA) is 44.9 Å². The molecular formula is C46H48N4OPt. The summed E-state index contributed by atoms with van der Waals surface area (Å²) in [7, 11) is 0. The van der Waals surface area contributed by atoms with Crippen molar-refractivity contribution >= 4 is 21.8 Å². The first kappa shape index (κ1) is 37.3. The first-order chi connectivity index (χ1) is 24.7. The van der Waals surface area contributed by atoms with Crippen LogP contribution in [0.5, 0.6) is 11.5 Å². The standard InChI is InChI=1S/C46H48N4O.Pt/c1-31(2)13-10-11-14-35-21-24-43-42(27-35)41-23-22-40(30-44(41)49(43)45-28-36(25-26-47-45)20-19-32(3)4)51-39-18-12-17-38(29-39)50-34(6)46(33(5)48-50)37-15-8-7-9-16-37;/h7-9,12,15-18,21-28,31-32H,10-11,13-14,19-20H2,1-6H3;/q-2;+2. The van der Waals surface area contributed by atoms with Gasteiger partial charge >= 0.3 is 21.1 Å². The molecule has 0 fully saturated rings. The van der Waals surface area contributed by atoms with Crippen molar-refractivity contribution in [1.29, 1.82) is 0 Å². The van der Waals surface area contributed by atoms with Gasteiger partial charge < -0.3 is 9.30 Å². The van der Waals surface area contributed by atoms with Crippen LogP contribution >= 0.6 is 0 Å². The molecule has 0 aliphatic heterocycles. The van der Waals surface area contributed by atoms with Crippen LogP contribution in [0.3, 0.4) is 0 Å². The fraction of sp³-hybridized carbons (Fsp3) is 0.304. The van der Waals surface area contributed by atoms with Gasteiger partial charge in [-0.1, -0.05) is 88.5 Å². The molecule has 0 saturated heterocycles. The van der Waals surface area contributed by atoms with Crippen molar-refractivity contribution in [3.8, 4) is 34.1 Å². The number of unbranched alkanes of at least 4 members (excludes halogenated alkanes) is 1. The van der Waals surface area contributed by atoms with Crippen LogP contribution in [0, 0.1) is 37.8 Å². The maximum atomic E-state index is 6.51. The average Bonchev–Trinajstić information content (AvgIpc) is 3.61. The predicted molar refractivity (Wildman–Crippen MR) is 210 cm³/mol. The molecule has 0 saturated carbocycles. The summed E-state index contributed by atoms with van der Waals surface area (Å²) < 4.78 is 10.7. The zero-order chi connectivity index (χ0) is 35.5. The third-order valence-electron chi connectivity index (χ3n) is 9.81. The van der Waals surface area contributed by atoms with E-state index in [9.17, 15) is 0 Å². The van der Waals surface area contributed by atoms with Gasteiger partial charge in [0.05, 0.1) is 5.69 Å². The third-order valence-corrected chi connectivity index (χ3v) is 9.81. The number of rotatable bonds is 13. The minimum absolute atomic E-state index is 0. The van der Waals surface area contributed by atoms with E-state index in [0.29, 0.717) is 17.4 Å². The summed E-state index contributed by atoms with van der Waals surface area (Å²) in [6, 6.07) is 39.0. The monoisotopic (exact) mass is 867 g/mol. The number of aromatic nitrogens is 4. The Bertz CT molecular complexity index is 2280. The van der Waals surface area contributed by atoms with Gasteiger partial charge in [-0.2, -0.15) is 17.2 Å². The molecule has 3 aromatic heterocycles. The van der Waals surface area contributed by atoms with Gasteiger partial charge in [0, 0.05) is 34.5 Å². The molecular weight excluding hydrogens is 820 g/mol. The normalized spacial score (nSPS) is 11.5. The first-order valence-corrected chi connectivity index (χ1v) is 18.5. The zero-order valence-corrected chi connectivity index (χ0v) is 33.4. The van der Waals surface area contributed by atoms with E-state index in [1.165, 1.54) is 35.8 Å². The molecule has 52 heavy (non-hydrogen) atoms. The van der Waals surface area contributed by atoms with Crippen LogP contribution in [-0.2, 0) is 33.9 Å². The fourth-order valence-electron chi connectivity index (χ4n) is 7.14. The van der Waals surface area contributed by atoms with Crippen molar-refractivity contribution in [3.63, 3.8) is 0 Å². The Kier molecular flexibility index (Phi) is 11.8. The Hall–Kier alpha value is -4.47. The summed E-state index contributed by atoms with van der Waals surface area (Å²) in [5.41, 5.74) is 9.91. The zero-order valence-electron chi connectivity index (χ0n) is 31.1. The number of pyridine rings is 1. The van der Waals surface area contributed by atoms with Crippen molar-refractivity contribution < 1.29 is 25.8 Å². The summed E-state index contributed by atoms with van der Waals surface area (Å²) >= 11 is 0. The van der Waals surface area contributed by atoms with E-state index in [1.807, 2.05) is 41.2 Å². The summed E-state index contributed by atoms with van der Waals surface area (Å²) in [6.45, 7) is 13.3. The Morgan fingerprint density at radius 3 is 2.27 bits per heavy atom. The fourth-order valence-corrected chi connectivity index (χ4v) is 7.14. The van der Waals surface area contributed by atoms with E-state index < -0.39 is 0 Å². The minimum atomic E-state index is 0. The molecule has 0 unspecified atom stereocenters. The van der Waals surface area contributed by atoms with E-state index in [2.05, 4.69) is 119 Å². The van der Waals surface area contributed by atoms with Gasteiger partial charge in [-0.3, -0.25) is 4.68 Å². The van der Waals surface area contributed by atoms with Crippen LogP contribution in [0.1, 0.15) is 75.9 Å². The van der Waals surface area contributed by atoms with Crippen LogP contribution in [0.15, 0.2) is 97.2 Å².